The van der Waals surface area contributed by atoms with Crippen molar-refractivity contribution in [1.29, 1.82) is 0 Å². The molecule has 0 aromatic rings. The molecule has 1 heterocycles. The molecule has 0 saturated carbocycles. The predicted molar refractivity (Wildman–Crippen MR) is 59.5 cm³/mol. The fraction of sp³-hybridized carbons (Fsp3) is 0.889. The molecular formula is C9H16ClF3N2O3. The molecule has 0 radical (unpaired) electrons. The number of alkyl halides is 3. The van der Waals surface area contributed by atoms with E-state index in [1.807, 2.05) is 5.32 Å². The molecule has 9 heteroatoms. The first-order chi connectivity index (χ1) is 7.89. The van der Waals surface area contributed by atoms with E-state index in [0.29, 0.717) is 19.8 Å². The lowest BCUT2D eigenvalue weighted by Crippen LogP contribution is -2.46. The Morgan fingerprint density at radius 1 is 1.56 bits per heavy atom. The quantitative estimate of drug-likeness (QED) is 0.673. The van der Waals surface area contributed by atoms with Gasteiger partial charge in [0.25, 0.3) is 0 Å². The summed E-state index contributed by atoms with van der Waals surface area (Å²) in [5, 5.41) is 13.7. The molecule has 2 atom stereocenters. The van der Waals surface area contributed by atoms with Gasteiger partial charge < -0.3 is 20.5 Å². The van der Waals surface area contributed by atoms with E-state index < -0.39 is 24.7 Å². The second-order valence-electron chi connectivity index (χ2n) is 3.79. The van der Waals surface area contributed by atoms with Crippen molar-refractivity contribution in [3.05, 3.63) is 0 Å². The second-order valence-corrected chi connectivity index (χ2v) is 3.79. The zero-order valence-electron chi connectivity index (χ0n) is 9.50. The zero-order chi connectivity index (χ0) is 12.9. The zero-order valence-corrected chi connectivity index (χ0v) is 10.3. The first-order valence-corrected chi connectivity index (χ1v) is 5.22. The van der Waals surface area contributed by atoms with Gasteiger partial charge in [-0.25, -0.2) is 0 Å². The smallest absolute Gasteiger partial charge is 0.382 e. The third-order valence-corrected chi connectivity index (χ3v) is 2.30. The SMILES string of the molecule is Cl.O=C(CC1COCCN1)NCC(O)C(F)(F)F. The van der Waals surface area contributed by atoms with Crippen molar-refractivity contribution in [3.63, 3.8) is 0 Å². The molecule has 0 aromatic heterocycles. The van der Waals surface area contributed by atoms with Gasteiger partial charge in [0.2, 0.25) is 5.91 Å². The van der Waals surface area contributed by atoms with Crippen LogP contribution in [0.4, 0.5) is 13.2 Å². The van der Waals surface area contributed by atoms with Crippen LogP contribution < -0.4 is 10.6 Å². The Morgan fingerprint density at radius 2 is 2.22 bits per heavy atom. The molecule has 108 valence electrons. The van der Waals surface area contributed by atoms with E-state index in [1.54, 1.807) is 0 Å². The summed E-state index contributed by atoms with van der Waals surface area (Å²) < 4.78 is 40.9. The molecule has 1 rings (SSSR count). The van der Waals surface area contributed by atoms with Crippen LogP contribution in [0.5, 0.6) is 0 Å². The Hall–Kier alpha value is -0.570. The number of aliphatic hydroxyl groups is 1. The van der Waals surface area contributed by atoms with Crippen LogP contribution in [0.1, 0.15) is 6.42 Å². The van der Waals surface area contributed by atoms with Crippen molar-refractivity contribution in [3.8, 4) is 0 Å². The number of amides is 1. The van der Waals surface area contributed by atoms with E-state index in [0.717, 1.165) is 0 Å². The molecule has 3 N–H and O–H groups in total. The maximum atomic E-state index is 11.9. The summed E-state index contributed by atoms with van der Waals surface area (Å²) in [6.45, 7) is 0.708. The largest absolute Gasteiger partial charge is 0.416 e. The van der Waals surface area contributed by atoms with Crippen LogP contribution in [-0.4, -0.2) is 55.6 Å². The summed E-state index contributed by atoms with van der Waals surface area (Å²) in [5.74, 6) is -0.545. The van der Waals surface area contributed by atoms with Crippen LogP contribution >= 0.6 is 12.4 Å². The van der Waals surface area contributed by atoms with Crippen molar-refractivity contribution in [1.82, 2.24) is 10.6 Å². The highest BCUT2D eigenvalue weighted by Crippen LogP contribution is 2.19. The average molecular weight is 293 g/mol. The van der Waals surface area contributed by atoms with Crippen LogP contribution in [0.15, 0.2) is 0 Å². The van der Waals surface area contributed by atoms with Gasteiger partial charge in [0.05, 0.1) is 19.8 Å². The minimum Gasteiger partial charge on any atom is -0.382 e. The third-order valence-electron chi connectivity index (χ3n) is 2.30. The van der Waals surface area contributed by atoms with E-state index in [-0.39, 0.29) is 24.9 Å². The van der Waals surface area contributed by atoms with Crippen molar-refractivity contribution in [2.45, 2.75) is 24.7 Å². The highest BCUT2D eigenvalue weighted by molar-refractivity contribution is 5.85. The molecule has 1 amide bonds. The number of ether oxygens (including phenoxy) is 1. The number of morpholine rings is 1. The summed E-state index contributed by atoms with van der Waals surface area (Å²) in [6.07, 6.45) is -7.20. The first kappa shape index (κ1) is 17.4. The van der Waals surface area contributed by atoms with Gasteiger partial charge in [-0.1, -0.05) is 0 Å². The minimum absolute atomic E-state index is 0. The summed E-state index contributed by atoms with van der Waals surface area (Å²) >= 11 is 0. The van der Waals surface area contributed by atoms with Crippen LogP contribution in [0.2, 0.25) is 0 Å². The van der Waals surface area contributed by atoms with E-state index in [4.69, 9.17) is 9.84 Å². The van der Waals surface area contributed by atoms with Gasteiger partial charge in [0, 0.05) is 19.0 Å². The normalized spacial score (nSPS) is 21.9. The number of carbonyl (C=O) groups is 1. The molecule has 18 heavy (non-hydrogen) atoms. The molecule has 2 unspecified atom stereocenters. The summed E-state index contributed by atoms with van der Waals surface area (Å²) in [6, 6.07) is -0.188. The Morgan fingerprint density at radius 3 is 2.72 bits per heavy atom. The van der Waals surface area contributed by atoms with E-state index >= 15 is 0 Å². The van der Waals surface area contributed by atoms with Gasteiger partial charge in [0.1, 0.15) is 0 Å². The second kappa shape index (κ2) is 7.78. The van der Waals surface area contributed by atoms with Crippen molar-refractivity contribution in [2.24, 2.45) is 0 Å². The molecule has 0 aliphatic carbocycles. The highest BCUT2D eigenvalue weighted by Gasteiger charge is 2.38. The molecule has 5 nitrogen and oxygen atoms in total. The van der Waals surface area contributed by atoms with E-state index in [1.165, 1.54) is 0 Å². The van der Waals surface area contributed by atoms with Crippen LogP contribution in [-0.2, 0) is 9.53 Å². The Labute approximate surface area is 108 Å². The maximum absolute atomic E-state index is 11.9. The Balaban J connectivity index is 0.00000289. The lowest BCUT2D eigenvalue weighted by Gasteiger charge is -2.23. The topological polar surface area (TPSA) is 70.6 Å². The van der Waals surface area contributed by atoms with E-state index in [9.17, 15) is 18.0 Å². The van der Waals surface area contributed by atoms with E-state index in [2.05, 4.69) is 5.32 Å². The predicted octanol–water partition coefficient (Wildman–Crippen LogP) is -0.174. The fourth-order valence-electron chi connectivity index (χ4n) is 1.37. The molecule has 1 aliphatic heterocycles. The summed E-state index contributed by atoms with van der Waals surface area (Å²) in [7, 11) is 0. The molecule has 1 aliphatic rings. The van der Waals surface area contributed by atoms with Crippen LogP contribution in [0, 0.1) is 0 Å². The molecule has 1 fully saturated rings. The molecular weight excluding hydrogens is 277 g/mol. The van der Waals surface area contributed by atoms with Crippen molar-refractivity contribution in [2.75, 3.05) is 26.3 Å². The van der Waals surface area contributed by atoms with Crippen molar-refractivity contribution >= 4 is 18.3 Å². The van der Waals surface area contributed by atoms with Gasteiger partial charge in [0.15, 0.2) is 6.10 Å². The number of hydrogen-bond donors (Lipinski definition) is 3. The number of rotatable bonds is 4. The van der Waals surface area contributed by atoms with Crippen LogP contribution in [0.3, 0.4) is 0 Å². The number of hydrogen-bond acceptors (Lipinski definition) is 4. The first-order valence-electron chi connectivity index (χ1n) is 5.22. The Kier molecular flexibility index (Phi) is 7.53. The lowest BCUT2D eigenvalue weighted by atomic mass is 10.2. The number of nitrogens with one attached hydrogen (secondary N) is 2. The van der Waals surface area contributed by atoms with Gasteiger partial charge in [-0.2, -0.15) is 13.2 Å². The molecule has 0 spiro atoms. The van der Waals surface area contributed by atoms with Gasteiger partial charge in [-0.15, -0.1) is 12.4 Å². The molecule has 0 bridgehead atoms. The molecule has 1 saturated heterocycles. The van der Waals surface area contributed by atoms with Crippen LogP contribution in [0.25, 0.3) is 0 Å². The number of carbonyl (C=O) groups excluding carboxylic acids is 1. The lowest BCUT2D eigenvalue weighted by molar-refractivity contribution is -0.201. The minimum atomic E-state index is -4.71. The summed E-state index contributed by atoms with van der Waals surface area (Å²) in [4.78, 5) is 11.3. The number of aliphatic hydroxyl groups excluding tert-OH is 1. The van der Waals surface area contributed by atoms with Crippen molar-refractivity contribution < 1.29 is 27.8 Å². The third kappa shape index (κ3) is 6.39. The average Bonchev–Trinajstić information content (AvgIpc) is 2.26. The van der Waals surface area contributed by atoms with Gasteiger partial charge in [-0.05, 0) is 0 Å². The summed E-state index contributed by atoms with van der Waals surface area (Å²) in [5.41, 5.74) is 0. The number of halogens is 4. The van der Waals surface area contributed by atoms with Gasteiger partial charge in [-0.3, -0.25) is 4.79 Å². The fourth-order valence-corrected chi connectivity index (χ4v) is 1.37. The standard InChI is InChI=1S/C9H15F3N2O3.ClH/c10-9(11,12)7(15)4-14-8(16)3-6-5-17-2-1-13-6;/h6-7,13,15H,1-5H2,(H,14,16);1H. The molecule has 0 aromatic carbocycles. The maximum Gasteiger partial charge on any atom is 0.416 e. The Bertz CT molecular complexity index is 260. The highest BCUT2D eigenvalue weighted by atomic mass is 35.5. The monoisotopic (exact) mass is 292 g/mol. The van der Waals surface area contributed by atoms with Gasteiger partial charge >= 0.3 is 6.18 Å².